The lowest BCUT2D eigenvalue weighted by molar-refractivity contribution is 0.103. The van der Waals surface area contributed by atoms with Gasteiger partial charge < -0.3 is 9.52 Å². The van der Waals surface area contributed by atoms with Gasteiger partial charge in [-0.2, -0.15) is 5.10 Å². The molecule has 3 heterocycles. The van der Waals surface area contributed by atoms with Gasteiger partial charge in [-0.05, 0) is 30.2 Å². The number of nitrogens with zero attached hydrogens (tertiary/aromatic N) is 3. The van der Waals surface area contributed by atoms with Gasteiger partial charge in [-0.3, -0.25) is 14.9 Å². The highest BCUT2D eigenvalue weighted by molar-refractivity contribution is 6.05. The number of pyridine rings is 1. The molecule has 7 nitrogen and oxygen atoms in total. The fraction of sp³-hybridized carbons (Fsp3) is 0.125. The molecule has 0 atom stereocenters. The van der Waals surface area contributed by atoms with Gasteiger partial charge in [0.1, 0.15) is 17.8 Å². The van der Waals surface area contributed by atoms with Crippen molar-refractivity contribution in [2.24, 2.45) is 0 Å². The molecule has 0 fully saturated rings. The summed E-state index contributed by atoms with van der Waals surface area (Å²) < 4.78 is 5.52. The number of aliphatic hydroxyl groups excluding tert-OH is 1. The number of carbonyl (C=O) groups excluding carboxylic acids is 1. The minimum absolute atomic E-state index is 0.0633. The number of H-pyrrole nitrogens is 1. The zero-order chi connectivity index (χ0) is 16.2. The molecule has 7 heteroatoms. The summed E-state index contributed by atoms with van der Waals surface area (Å²) in [6.07, 6.45) is 7.75. The molecule has 3 rings (SSSR count). The largest absolute Gasteiger partial charge is 0.507 e. The number of aryl methyl sites for hydroxylation is 1. The summed E-state index contributed by atoms with van der Waals surface area (Å²) in [6.45, 7) is 1.80. The predicted octanol–water partition coefficient (Wildman–Crippen LogP) is 2.47. The van der Waals surface area contributed by atoms with Gasteiger partial charge in [-0.25, -0.2) is 4.98 Å². The maximum atomic E-state index is 12.0. The summed E-state index contributed by atoms with van der Waals surface area (Å²) in [5.74, 6) is 0.0124. The Morgan fingerprint density at radius 2 is 2.17 bits per heavy atom. The number of aromatic nitrogens is 4. The first-order valence-electron chi connectivity index (χ1n) is 6.91. The minimum atomic E-state index is -0.463. The molecular formula is C16H14N4O3. The number of hydrogen-bond donors (Lipinski definition) is 2. The summed E-state index contributed by atoms with van der Waals surface area (Å²) in [4.78, 5) is 19.7. The van der Waals surface area contributed by atoms with Gasteiger partial charge in [0.15, 0.2) is 5.82 Å². The van der Waals surface area contributed by atoms with Crippen LogP contribution in [0.4, 0.5) is 0 Å². The summed E-state index contributed by atoms with van der Waals surface area (Å²) in [5.41, 5.74) is 2.24. The normalized spacial score (nSPS) is 11.6. The third-order valence-electron chi connectivity index (χ3n) is 3.34. The Morgan fingerprint density at radius 1 is 1.39 bits per heavy atom. The molecule has 116 valence electrons. The van der Waals surface area contributed by atoms with Crippen LogP contribution in [-0.4, -0.2) is 31.1 Å². The van der Waals surface area contributed by atoms with Gasteiger partial charge in [-0.1, -0.05) is 0 Å². The van der Waals surface area contributed by atoms with E-state index in [-0.39, 0.29) is 11.6 Å². The maximum Gasteiger partial charge on any atom is 0.226 e. The Labute approximate surface area is 131 Å². The Balaban J connectivity index is 1.90. The average Bonchev–Trinajstić information content (AvgIpc) is 3.18. The molecule has 0 saturated heterocycles. The zero-order valence-electron chi connectivity index (χ0n) is 12.4. The molecule has 3 aromatic heterocycles. The summed E-state index contributed by atoms with van der Waals surface area (Å²) >= 11 is 0. The van der Waals surface area contributed by atoms with E-state index in [1.807, 2.05) is 12.1 Å². The average molecular weight is 310 g/mol. The number of ketones is 1. The number of hydrogen-bond acceptors (Lipinski definition) is 6. The lowest BCUT2D eigenvalue weighted by Crippen LogP contribution is -2.01. The van der Waals surface area contributed by atoms with E-state index in [1.165, 1.54) is 6.33 Å². The Morgan fingerprint density at radius 3 is 2.87 bits per heavy atom. The molecule has 0 radical (unpaired) electrons. The van der Waals surface area contributed by atoms with Crippen LogP contribution in [0, 0.1) is 6.92 Å². The standard InChI is InChI=1S/C16H14N4O3/c1-10-8-23-14(6-11-2-4-17-5-3-11)15(10)12(21)7-13(22)16-18-9-19-20-16/h2-5,7-9,21H,6H2,1H3,(H,18,19,20). The first kappa shape index (κ1) is 14.7. The van der Waals surface area contributed by atoms with Gasteiger partial charge in [0.2, 0.25) is 5.78 Å². The van der Waals surface area contributed by atoms with Gasteiger partial charge in [0.25, 0.3) is 0 Å². The van der Waals surface area contributed by atoms with Crippen molar-refractivity contribution in [3.05, 3.63) is 71.5 Å². The van der Waals surface area contributed by atoms with Crippen LogP contribution in [0.5, 0.6) is 0 Å². The lowest BCUT2D eigenvalue weighted by atomic mass is 10.0. The zero-order valence-corrected chi connectivity index (χ0v) is 12.4. The summed E-state index contributed by atoms with van der Waals surface area (Å²) in [5, 5.41) is 16.4. The molecule has 0 aliphatic heterocycles. The summed E-state index contributed by atoms with van der Waals surface area (Å²) in [6, 6.07) is 3.73. The van der Waals surface area contributed by atoms with Crippen molar-refractivity contribution in [2.45, 2.75) is 13.3 Å². The fourth-order valence-electron chi connectivity index (χ4n) is 2.25. The topological polar surface area (TPSA) is 105 Å². The van der Waals surface area contributed by atoms with Gasteiger partial charge in [0.05, 0.1) is 11.8 Å². The van der Waals surface area contributed by atoms with Crippen LogP contribution < -0.4 is 0 Å². The van der Waals surface area contributed by atoms with Crippen LogP contribution >= 0.6 is 0 Å². The molecule has 0 amide bonds. The van der Waals surface area contributed by atoms with E-state index in [9.17, 15) is 9.90 Å². The second-order valence-corrected chi connectivity index (χ2v) is 4.98. The molecule has 2 N–H and O–H groups in total. The van der Waals surface area contributed by atoms with Crippen LogP contribution in [0.25, 0.3) is 5.76 Å². The van der Waals surface area contributed by atoms with E-state index in [4.69, 9.17) is 4.42 Å². The first-order valence-corrected chi connectivity index (χ1v) is 6.91. The second-order valence-electron chi connectivity index (χ2n) is 4.98. The fourth-order valence-corrected chi connectivity index (χ4v) is 2.25. The second kappa shape index (κ2) is 6.27. The number of rotatable bonds is 5. The van der Waals surface area contributed by atoms with Gasteiger partial charge >= 0.3 is 0 Å². The number of allylic oxidation sites excluding steroid dienone is 1. The van der Waals surface area contributed by atoms with Gasteiger partial charge in [0, 0.05) is 24.9 Å². The summed E-state index contributed by atoms with van der Waals surface area (Å²) in [7, 11) is 0. The van der Waals surface area contributed by atoms with Crippen molar-refractivity contribution < 1.29 is 14.3 Å². The van der Waals surface area contributed by atoms with Crippen LogP contribution in [0.2, 0.25) is 0 Å². The molecule has 3 aromatic rings. The number of aliphatic hydroxyl groups is 1. The first-order chi connectivity index (χ1) is 11.1. The van der Waals surface area contributed by atoms with Crippen LogP contribution in [0.3, 0.4) is 0 Å². The molecule has 0 bridgehead atoms. The van der Waals surface area contributed by atoms with E-state index < -0.39 is 5.78 Å². The van der Waals surface area contributed by atoms with Crippen LogP contribution in [-0.2, 0) is 6.42 Å². The highest BCUT2D eigenvalue weighted by Gasteiger charge is 2.17. The number of nitrogens with one attached hydrogen (secondary N) is 1. The van der Waals surface area contributed by atoms with E-state index in [0.29, 0.717) is 17.7 Å². The van der Waals surface area contributed by atoms with Crippen LogP contribution in [0.1, 0.15) is 33.1 Å². The van der Waals surface area contributed by atoms with Crippen molar-refractivity contribution >= 4 is 11.5 Å². The van der Waals surface area contributed by atoms with E-state index >= 15 is 0 Å². The molecule has 0 aromatic carbocycles. The van der Waals surface area contributed by atoms with Crippen molar-refractivity contribution in [1.82, 2.24) is 20.2 Å². The van der Waals surface area contributed by atoms with Crippen molar-refractivity contribution in [2.75, 3.05) is 0 Å². The Bertz CT molecular complexity index is 836. The highest BCUT2D eigenvalue weighted by atomic mass is 16.3. The quantitative estimate of drug-likeness (QED) is 0.426. The molecule has 0 aliphatic carbocycles. The molecule has 0 spiro atoms. The van der Waals surface area contributed by atoms with Crippen LogP contribution in [0.15, 0.2) is 47.6 Å². The van der Waals surface area contributed by atoms with Gasteiger partial charge in [-0.15, -0.1) is 0 Å². The third kappa shape index (κ3) is 3.18. The van der Waals surface area contributed by atoms with E-state index in [0.717, 1.165) is 17.2 Å². The smallest absolute Gasteiger partial charge is 0.226 e. The van der Waals surface area contributed by atoms with Crippen molar-refractivity contribution in [1.29, 1.82) is 0 Å². The third-order valence-corrected chi connectivity index (χ3v) is 3.34. The van der Waals surface area contributed by atoms with E-state index in [2.05, 4.69) is 20.2 Å². The monoisotopic (exact) mass is 310 g/mol. The SMILES string of the molecule is Cc1coc(Cc2ccncc2)c1C(O)=CC(=O)c1ncn[nH]1. The van der Waals surface area contributed by atoms with Crippen molar-refractivity contribution in [3.8, 4) is 0 Å². The Hall–Kier alpha value is -3.22. The number of aromatic amines is 1. The molecular weight excluding hydrogens is 296 g/mol. The number of carbonyl (C=O) groups is 1. The maximum absolute atomic E-state index is 12.0. The molecule has 0 unspecified atom stereocenters. The predicted molar refractivity (Wildman–Crippen MR) is 81.8 cm³/mol. The van der Waals surface area contributed by atoms with Crippen molar-refractivity contribution in [3.63, 3.8) is 0 Å². The molecule has 23 heavy (non-hydrogen) atoms. The lowest BCUT2D eigenvalue weighted by Gasteiger charge is -2.03. The minimum Gasteiger partial charge on any atom is -0.507 e. The highest BCUT2D eigenvalue weighted by Crippen LogP contribution is 2.26. The van der Waals surface area contributed by atoms with E-state index in [1.54, 1.807) is 25.6 Å². The Kier molecular flexibility index (Phi) is 4.01. The number of furan rings is 1. The molecule has 0 aliphatic rings. The molecule has 0 saturated carbocycles.